The van der Waals surface area contributed by atoms with Crippen molar-refractivity contribution in [3.05, 3.63) is 93.6 Å². The van der Waals surface area contributed by atoms with Gasteiger partial charge in [0.25, 0.3) is 5.91 Å². The standard InChI is InChI=1S/C28H29N3O5/c1-15(2)19-8-10-20(11-9-19)24-22(25(32)21-16(3)23(28(35)36-5)30-17(21)4)26(33)27(34)31(24)14-18-7-6-12-29-13-18/h6-13,15,24,30,32H,14H2,1-5H3. The van der Waals surface area contributed by atoms with Crippen molar-refractivity contribution in [2.24, 2.45) is 0 Å². The largest absolute Gasteiger partial charge is 0.872 e. The van der Waals surface area contributed by atoms with E-state index >= 15 is 0 Å². The van der Waals surface area contributed by atoms with E-state index in [1.807, 2.05) is 30.3 Å². The summed E-state index contributed by atoms with van der Waals surface area (Å²) in [5.41, 5.74) is 3.58. The Kier molecular flexibility index (Phi) is 6.79. The number of Topliss-reactive ketones (excluding diaryl/α,β-unsaturated/α-hetero) is 1. The summed E-state index contributed by atoms with van der Waals surface area (Å²) in [5.74, 6) is -2.46. The minimum Gasteiger partial charge on any atom is -0.872 e. The lowest BCUT2D eigenvalue weighted by Gasteiger charge is -2.28. The van der Waals surface area contributed by atoms with Crippen LogP contribution in [0.1, 0.15) is 69.8 Å². The zero-order chi connectivity index (χ0) is 26.1. The molecule has 4 rings (SSSR count). The molecule has 8 nitrogen and oxygen atoms in total. The van der Waals surface area contributed by atoms with Crippen LogP contribution in [0.3, 0.4) is 0 Å². The Labute approximate surface area is 209 Å². The van der Waals surface area contributed by atoms with Gasteiger partial charge in [-0.05, 0) is 48.1 Å². The Hall–Kier alpha value is -4.20. The van der Waals surface area contributed by atoms with Gasteiger partial charge in [0.15, 0.2) is 12.4 Å². The molecule has 0 bridgehead atoms. The fourth-order valence-corrected chi connectivity index (χ4v) is 4.70. The number of aromatic nitrogens is 2. The summed E-state index contributed by atoms with van der Waals surface area (Å²) in [6.45, 7) is 7.57. The third-order valence-electron chi connectivity index (χ3n) is 6.63. The van der Waals surface area contributed by atoms with E-state index in [-0.39, 0.29) is 23.4 Å². The third-order valence-corrected chi connectivity index (χ3v) is 6.63. The molecule has 2 aromatic heterocycles. The van der Waals surface area contributed by atoms with Gasteiger partial charge in [-0.2, -0.15) is 0 Å². The number of esters is 1. The minimum atomic E-state index is -0.866. The average Bonchev–Trinajstić information content (AvgIpc) is 3.31. The number of pyridine rings is 1. The first-order chi connectivity index (χ1) is 17.1. The van der Waals surface area contributed by atoms with Gasteiger partial charge >= 0.3 is 5.97 Å². The molecular formula is C28H29N3O5. The van der Waals surface area contributed by atoms with E-state index in [0.717, 1.165) is 11.1 Å². The number of rotatable bonds is 6. The molecule has 0 saturated carbocycles. The van der Waals surface area contributed by atoms with Crippen molar-refractivity contribution in [1.29, 1.82) is 0 Å². The number of aryl methyl sites for hydroxylation is 1. The zero-order valence-electron chi connectivity index (χ0n) is 21.0. The topological polar surface area (TPSA) is 117 Å². The molecule has 1 saturated heterocycles. The van der Waals surface area contributed by atoms with E-state index in [1.54, 1.807) is 32.3 Å². The molecule has 2 N–H and O–H groups in total. The highest BCUT2D eigenvalue weighted by Gasteiger charge is 2.44. The van der Waals surface area contributed by atoms with Gasteiger partial charge in [0.1, 0.15) is 5.69 Å². The van der Waals surface area contributed by atoms with Crippen molar-refractivity contribution in [2.75, 3.05) is 7.11 Å². The first kappa shape index (κ1) is 24.9. The molecule has 8 heteroatoms. The number of carbonyl (C=O) groups is 3. The molecular weight excluding hydrogens is 458 g/mol. The van der Waals surface area contributed by atoms with Gasteiger partial charge in [-0.1, -0.05) is 43.9 Å². The van der Waals surface area contributed by atoms with Gasteiger partial charge in [-0.3, -0.25) is 9.59 Å². The highest BCUT2D eigenvalue weighted by atomic mass is 16.5. The lowest BCUT2D eigenvalue weighted by atomic mass is 9.92. The SMILES string of the molecule is COC(=O)c1[nH]c(C)c(C([O-])=C2C(=O)C(=O)N(Cc3ccc[nH+]c3)C2c2ccc(C(C)C)cc2)c1C. The summed E-state index contributed by atoms with van der Waals surface area (Å²) in [7, 11) is 1.25. The van der Waals surface area contributed by atoms with Crippen LogP contribution in [0.5, 0.6) is 0 Å². The maximum absolute atomic E-state index is 13.9. The zero-order valence-corrected chi connectivity index (χ0v) is 21.0. The van der Waals surface area contributed by atoms with Crippen molar-refractivity contribution >= 4 is 23.4 Å². The first-order valence-corrected chi connectivity index (χ1v) is 11.7. The molecule has 1 unspecified atom stereocenters. The number of carbonyl (C=O) groups excluding carboxylic acids is 3. The molecule has 186 valence electrons. The number of ketones is 1. The molecule has 36 heavy (non-hydrogen) atoms. The van der Waals surface area contributed by atoms with Crippen LogP contribution in [0.2, 0.25) is 0 Å². The summed E-state index contributed by atoms with van der Waals surface area (Å²) in [6.07, 6.45) is 3.50. The average molecular weight is 488 g/mol. The maximum Gasteiger partial charge on any atom is 0.354 e. The van der Waals surface area contributed by atoms with Crippen LogP contribution in [0, 0.1) is 13.8 Å². The Balaban J connectivity index is 1.90. The number of nitrogens with zero attached hydrogens (tertiary/aromatic N) is 1. The van der Waals surface area contributed by atoms with Crippen LogP contribution in [0.25, 0.3) is 5.76 Å². The van der Waals surface area contributed by atoms with Gasteiger partial charge in [-0.15, -0.1) is 0 Å². The lowest BCUT2D eigenvalue weighted by molar-refractivity contribution is -0.378. The third kappa shape index (κ3) is 4.30. The molecule has 0 radical (unpaired) electrons. The number of likely N-dealkylation sites (tertiary alicyclic amines) is 1. The maximum atomic E-state index is 13.9. The molecule has 3 heterocycles. The summed E-state index contributed by atoms with van der Waals surface area (Å²) < 4.78 is 4.81. The van der Waals surface area contributed by atoms with Crippen LogP contribution in [-0.2, 0) is 20.9 Å². The highest BCUT2D eigenvalue weighted by Crippen LogP contribution is 2.41. The molecule has 0 aliphatic carbocycles. The second-order valence-electron chi connectivity index (χ2n) is 9.26. The van der Waals surface area contributed by atoms with Crippen molar-refractivity contribution in [1.82, 2.24) is 9.88 Å². The monoisotopic (exact) mass is 487 g/mol. The van der Waals surface area contributed by atoms with Crippen molar-refractivity contribution in [3.63, 3.8) is 0 Å². The second kappa shape index (κ2) is 9.81. The number of benzene rings is 1. The Morgan fingerprint density at radius 1 is 1.17 bits per heavy atom. The fourth-order valence-electron chi connectivity index (χ4n) is 4.70. The van der Waals surface area contributed by atoms with Gasteiger partial charge < -0.3 is 19.7 Å². The molecule has 1 aliphatic heterocycles. The van der Waals surface area contributed by atoms with E-state index in [0.29, 0.717) is 22.7 Å². The van der Waals surface area contributed by atoms with Crippen LogP contribution < -0.4 is 10.1 Å². The summed E-state index contributed by atoms with van der Waals surface area (Å²) in [4.78, 5) is 46.1. The number of methoxy groups -OCH3 is 1. The Bertz CT molecular complexity index is 1350. The number of aromatic amines is 2. The smallest absolute Gasteiger partial charge is 0.354 e. The quantitative estimate of drug-likeness (QED) is 0.248. The van der Waals surface area contributed by atoms with Gasteiger partial charge in [0, 0.05) is 22.9 Å². The molecule has 1 amide bonds. The second-order valence-corrected chi connectivity index (χ2v) is 9.26. The summed E-state index contributed by atoms with van der Waals surface area (Å²) >= 11 is 0. The minimum absolute atomic E-state index is 0.126. The summed E-state index contributed by atoms with van der Waals surface area (Å²) in [5, 5.41) is 13.9. The van der Waals surface area contributed by atoms with Crippen LogP contribution in [-0.4, -0.2) is 34.7 Å². The van der Waals surface area contributed by atoms with Gasteiger partial charge in [0.2, 0.25) is 5.78 Å². The number of H-pyrrole nitrogens is 2. The molecule has 1 aliphatic rings. The van der Waals surface area contributed by atoms with Crippen molar-refractivity contribution in [2.45, 2.75) is 46.2 Å². The predicted octanol–water partition coefficient (Wildman–Crippen LogP) is 2.78. The van der Waals surface area contributed by atoms with E-state index in [9.17, 15) is 19.5 Å². The lowest BCUT2D eigenvalue weighted by Crippen LogP contribution is -2.29. The molecule has 1 atom stereocenters. The van der Waals surface area contributed by atoms with Gasteiger partial charge in [0.05, 0.1) is 19.7 Å². The Morgan fingerprint density at radius 2 is 1.86 bits per heavy atom. The van der Waals surface area contributed by atoms with E-state index in [4.69, 9.17) is 4.74 Å². The van der Waals surface area contributed by atoms with E-state index < -0.39 is 29.5 Å². The number of nitrogens with one attached hydrogen (secondary N) is 2. The normalized spacial score (nSPS) is 17.2. The molecule has 1 aromatic carbocycles. The Morgan fingerprint density at radius 3 is 2.44 bits per heavy atom. The highest BCUT2D eigenvalue weighted by molar-refractivity contribution is 6.46. The van der Waals surface area contributed by atoms with Crippen LogP contribution >= 0.6 is 0 Å². The van der Waals surface area contributed by atoms with E-state index in [1.165, 1.54) is 12.0 Å². The number of amides is 1. The molecule has 1 fully saturated rings. The van der Waals surface area contributed by atoms with Crippen molar-refractivity contribution in [3.8, 4) is 0 Å². The fraction of sp³-hybridized carbons (Fsp3) is 0.286. The number of hydrogen-bond donors (Lipinski definition) is 1. The number of ether oxygens (including phenoxy) is 1. The summed E-state index contributed by atoms with van der Waals surface area (Å²) in [6, 6.07) is 10.4. The van der Waals surface area contributed by atoms with Crippen LogP contribution in [0.15, 0.2) is 54.4 Å². The first-order valence-electron chi connectivity index (χ1n) is 11.7. The van der Waals surface area contributed by atoms with Crippen molar-refractivity contribution < 1.29 is 29.2 Å². The van der Waals surface area contributed by atoms with Gasteiger partial charge in [-0.25, -0.2) is 9.78 Å². The molecule has 0 spiro atoms. The van der Waals surface area contributed by atoms with Crippen LogP contribution in [0.4, 0.5) is 0 Å². The van der Waals surface area contributed by atoms with E-state index in [2.05, 4.69) is 23.8 Å². The predicted molar refractivity (Wildman–Crippen MR) is 130 cm³/mol. The molecule has 3 aromatic rings. The number of hydrogen-bond acceptors (Lipinski definition) is 5.